The molecule has 0 saturated carbocycles. The zero-order valence-electron chi connectivity index (χ0n) is 49.7. The van der Waals surface area contributed by atoms with Crippen LogP contribution < -0.4 is 28.4 Å². The van der Waals surface area contributed by atoms with Gasteiger partial charge in [-0.2, -0.15) is 0 Å². The van der Waals surface area contributed by atoms with E-state index in [2.05, 4.69) is 0 Å². The number of rotatable bonds is 16. The van der Waals surface area contributed by atoms with Crippen molar-refractivity contribution in [2.75, 3.05) is 42.7 Å². The zero-order valence-corrected chi connectivity index (χ0v) is 49.7. The Balaban J connectivity index is 0.000000236. The molecule has 0 aromatic heterocycles. The third kappa shape index (κ3) is 9.17. The molecule has 0 heterocycles. The molecule has 0 saturated heterocycles. The lowest BCUT2D eigenvalue weighted by molar-refractivity contribution is 0.111. The van der Waals surface area contributed by atoms with Crippen molar-refractivity contribution in [2.45, 2.75) is 107 Å². The number of phenolic OH excluding ortho intramolecular Hbond substituents is 6. The van der Waals surface area contributed by atoms with Crippen molar-refractivity contribution in [1.82, 2.24) is 0 Å². The first kappa shape index (κ1) is 60.7. The third-order valence-electron chi connectivity index (χ3n) is 15.6. The van der Waals surface area contributed by atoms with E-state index in [1.165, 1.54) is 42.7 Å². The van der Waals surface area contributed by atoms with E-state index in [1.807, 2.05) is 81.4 Å². The molecular weight excluding hydrogens is 1050 g/mol. The van der Waals surface area contributed by atoms with Crippen LogP contribution in [0, 0.1) is 27.7 Å². The SMILES string of the molecule is COc1c(O)c(C=O)c2c(O)c(-c3c(C)cc4c(C(C)C)c(OC)c(O)c(C=O)c4c3O)c(C)cc2c1C(C)C.COc1c(OC)c(C=O)c2c(O)c(-c3c(C)cc4c(C(C)C)c(OC)c(OC)c(C=O)c4c3O)c(C)cc2c1C(C)C. The summed E-state index contributed by atoms with van der Waals surface area (Å²) in [5, 5.41) is 72.5. The van der Waals surface area contributed by atoms with E-state index in [9.17, 15) is 49.8 Å². The van der Waals surface area contributed by atoms with Crippen molar-refractivity contribution in [3.05, 3.63) is 91.0 Å². The quantitative estimate of drug-likeness (QED) is 0.0493. The molecule has 432 valence electrons. The molecule has 6 N–H and O–H groups in total. The molecule has 0 spiro atoms. The van der Waals surface area contributed by atoms with Crippen LogP contribution in [0.3, 0.4) is 0 Å². The number of carbonyl (C=O) groups is 4. The summed E-state index contributed by atoms with van der Waals surface area (Å²) in [5.41, 5.74) is 6.34. The highest BCUT2D eigenvalue weighted by atomic mass is 16.5. The van der Waals surface area contributed by atoms with Crippen molar-refractivity contribution >= 4 is 68.2 Å². The Morgan fingerprint density at radius 3 is 0.683 bits per heavy atom. The molecule has 0 atom stereocenters. The van der Waals surface area contributed by atoms with Crippen molar-refractivity contribution in [3.63, 3.8) is 0 Å². The highest BCUT2D eigenvalue weighted by molar-refractivity contribution is 6.16. The lowest BCUT2D eigenvalue weighted by Gasteiger charge is -2.25. The normalized spacial score (nSPS) is 11.5. The van der Waals surface area contributed by atoms with Gasteiger partial charge < -0.3 is 59.1 Å². The van der Waals surface area contributed by atoms with Crippen LogP contribution in [0.25, 0.3) is 65.3 Å². The number of hydrogen-bond acceptors (Lipinski definition) is 16. The maximum atomic E-state index is 12.5. The highest BCUT2D eigenvalue weighted by Crippen LogP contribution is 2.57. The van der Waals surface area contributed by atoms with E-state index in [-0.39, 0.29) is 136 Å². The van der Waals surface area contributed by atoms with E-state index in [0.29, 0.717) is 103 Å². The summed E-state index contributed by atoms with van der Waals surface area (Å²) in [5.74, 6) is -0.529. The Labute approximate surface area is 476 Å². The molecule has 82 heavy (non-hydrogen) atoms. The lowest BCUT2D eigenvalue weighted by Crippen LogP contribution is -2.05. The number of carbonyl (C=O) groups excluding carboxylic acids is 4. The molecular formula is C66H72O16. The Hall–Kier alpha value is -8.92. The number of hydrogen-bond donors (Lipinski definition) is 6. The number of fused-ring (bicyclic) bond motifs is 4. The first-order valence-corrected chi connectivity index (χ1v) is 26.7. The van der Waals surface area contributed by atoms with E-state index in [0.717, 1.165) is 11.1 Å². The Morgan fingerprint density at radius 2 is 0.500 bits per heavy atom. The van der Waals surface area contributed by atoms with Crippen molar-refractivity contribution in [2.24, 2.45) is 0 Å². The number of ether oxygens (including phenoxy) is 6. The Morgan fingerprint density at radius 1 is 0.305 bits per heavy atom. The van der Waals surface area contributed by atoms with Gasteiger partial charge in [0.05, 0.1) is 64.9 Å². The first-order valence-electron chi connectivity index (χ1n) is 26.7. The molecule has 16 nitrogen and oxygen atoms in total. The van der Waals surface area contributed by atoms with Crippen LogP contribution in [0.1, 0.15) is 165 Å². The standard InChI is InChI=1S/C34H38O8.C32H34O8/c1-15(2)23-19-11-17(5)25(29(37)27(19)21(13-35)31(39-7)33(23)41-9)26-18(6)12-20-24(16(3)4)34(42-10)32(40-8)22(14-36)28(20)30(26)38;1-13(2)21-17-9-15(5)23(29(37)25(17)19(11-33)27(35)31(21)39-7)24-16(6)10-18-22(14(3)4)32(40-8)28(36)20(12-34)26(18)30(24)38/h11-16,37-38H,1-10H3;9-14,35-38H,1-8H3. The van der Waals surface area contributed by atoms with Crippen molar-refractivity contribution in [3.8, 4) is 91.2 Å². The molecule has 8 aromatic rings. The second-order valence-electron chi connectivity index (χ2n) is 21.7. The minimum atomic E-state index is -0.389. The summed E-state index contributed by atoms with van der Waals surface area (Å²) in [6.45, 7) is 22.8. The monoisotopic (exact) mass is 1120 g/mol. The summed E-state index contributed by atoms with van der Waals surface area (Å²) >= 11 is 0. The average molecular weight is 1120 g/mol. The van der Waals surface area contributed by atoms with Crippen LogP contribution in [0.4, 0.5) is 0 Å². The fraction of sp³-hybridized carbons (Fsp3) is 0.333. The van der Waals surface area contributed by atoms with Gasteiger partial charge in [-0.15, -0.1) is 0 Å². The van der Waals surface area contributed by atoms with Gasteiger partial charge in [-0.3, -0.25) is 19.2 Å². The van der Waals surface area contributed by atoms with Gasteiger partial charge in [-0.05, 0) is 95.2 Å². The van der Waals surface area contributed by atoms with Gasteiger partial charge in [0.2, 0.25) is 0 Å². The molecule has 8 rings (SSSR count). The molecule has 0 amide bonds. The molecule has 0 fully saturated rings. The number of aldehydes is 4. The van der Waals surface area contributed by atoms with Gasteiger partial charge >= 0.3 is 0 Å². The van der Waals surface area contributed by atoms with E-state index in [1.54, 1.807) is 26.0 Å². The van der Waals surface area contributed by atoms with Gasteiger partial charge in [0.1, 0.15) is 23.0 Å². The molecule has 0 aliphatic rings. The summed E-state index contributed by atoms with van der Waals surface area (Å²) in [6.07, 6.45) is 2.19. The summed E-state index contributed by atoms with van der Waals surface area (Å²) < 4.78 is 33.6. The Bertz CT molecular complexity index is 3720. The summed E-state index contributed by atoms with van der Waals surface area (Å²) in [6, 6.07) is 7.33. The van der Waals surface area contributed by atoms with E-state index >= 15 is 0 Å². The topological polar surface area (TPSA) is 245 Å². The molecule has 8 aromatic carbocycles. The minimum Gasteiger partial charge on any atom is -0.507 e. The number of phenols is 6. The number of benzene rings is 8. The number of aromatic hydroxyl groups is 6. The van der Waals surface area contributed by atoms with Crippen LogP contribution in [-0.4, -0.2) is 98.4 Å². The molecule has 0 bridgehead atoms. The fourth-order valence-electron chi connectivity index (χ4n) is 12.3. The molecule has 0 radical (unpaired) electrons. The smallest absolute Gasteiger partial charge is 0.172 e. The maximum Gasteiger partial charge on any atom is 0.172 e. The van der Waals surface area contributed by atoms with Crippen LogP contribution in [0.5, 0.6) is 69.0 Å². The average Bonchev–Trinajstić information content (AvgIpc) is 1.75. The lowest BCUT2D eigenvalue weighted by atomic mass is 9.83. The molecule has 0 unspecified atom stereocenters. The summed E-state index contributed by atoms with van der Waals surface area (Å²) in [7, 11) is 8.73. The van der Waals surface area contributed by atoms with Crippen LogP contribution in [0.15, 0.2) is 24.3 Å². The van der Waals surface area contributed by atoms with Crippen molar-refractivity contribution in [1.29, 1.82) is 0 Å². The van der Waals surface area contributed by atoms with E-state index < -0.39 is 0 Å². The third-order valence-corrected chi connectivity index (χ3v) is 15.6. The van der Waals surface area contributed by atoms with Crippen molar-refractivity contribution < 1.29 is 78.2 Å². The van der Waals surface area contributed by atoms with Crippen LogP contribution in [-0.2, 0) is 0 Å². The second kappa shape index (κ2) is 23.3. The number of aryl methyl sites for hydroxylation is 4. The van der Waals surface area contributed by atoms with Crippen LogP contribution in [0.2, 0.25) is 0 Å². The van der Waals surface area contributed by atoms with Gasteiger partial charge in [0.25, 0.3) is 0 Å². The largest absolute Gasteiger partial charge is 0.507 e. The fourth-order valence-corrected chi connectivity index (χ4v) is 12.3. The predicted octanol–water partition coefficient (Wildman–Crippen LogP) is 14.6. The second-order valence-corrected chi connectivity index (χ2v) is 21.7. The van der Waals surface area contributed by atoms with Gasteiger partial charge in [0, 0.05) is 66.1 Å². The van der Waals surface area contributed by atoms with E-state index in [4.69, 9.17) is 28.4 Å². The zero-order chi connectivity index (χ0) is 61.0. The predicted molar refractivity (Wildman–Crippen MR) is 320 cm³/mol. The molecule has 0 aliphatic heterocycles. The van der Waals surface area contributed by atoms with Crippen LogP contribution >= 0.6 is 0 Å². The first-order chi connectivity index (χ1) is 38.8. The number of methoxy groups -OCH3 is 6. The molecule has 0 aliphatic carbocycles. The molecule has 16 heteroatoms. The van der Waals surface area contributed by atoms with Gasteiger partial charge in [-0.25, -0.2) is 0 Å². The maximum absolute atomic E-state index is 12.5. The van der Waals surface area contributed by atoms with Gasteiger partial charge in [0.15, 0.2) is 71.1 Å². The minimum absolute atomic E-state index is 0.0374. The highest BCUT2D eigenvalue weighted by Gasteiger charge is 2.34. The summed E-state index contributed by atoms with van der Waals surface area (Å²) in [4.78, 5) is 49.4. The Kier molecular flexibility index (Phi) is 17.2. The van der Waals surface area contributed by atoms with Gasteiger partial charge in [-0.1, -0.05) is 79.7 Å².